The highest BCUT2D eigenvalue weighted by Crippen LogP contribution is 2.30. The van der Waals surface area contributed by atoms with E-state index in [1.807, 2.05) is 18.2 Å². The van der Waals surface area contributed by atoms with Crippen molar-refractivity contribution >= 4 is 17.3 Å². The number of benzene rings is 2. The zero-order chi connectivity index (χ0) is 15.0. The lowest BCUT2D eigenvalue weighted by molar-refractivity contribution is 0.0984. The normalized spacial score (nSPS) is 13.9. The molecule has 4 heteroatoms. The minimum atomic E-state index is -0.327. The maximum Gasteiger partial charge on any atom is 0.258 e. The Labute approximate surface area is 123 Å². The van der Waals surface area contributed by atoms with E-state index in [-0.39, 0.29) is 11.7 Å². The largest absolute Gasteiger partial charge is 0.399 e. The van der Waals surface area contributed by atoms with Crippen LogP contribution < -0.4 is 10.6 Å². The van der Waals surface area contributed by atoms with Crippen molar-refractivity contribution < 1.29 is 9.18 Å². The lowest BCUT2D eigenvalue weighted by atomic mass is 9.99. The van der Waals surface area contributed by atoms with E-state index in [1.165, 1.54) is 12.1 Å². The maximum atomic E-state index is 13.2. The lowest BCUT2D eigenvalue weighted by Crippen LogP contribution is -2.36. The molecule has 2 aromatic rings. The first-order valence-electron chi connectivity index (χ1n) is 7.02. The molecule has 0 spiro atoms. The van der Waals surface area contributed by atoms with Crippen molar-refractivity contribution in [2.24, 2.45) is 0 Å². The Kier molecular flexibility index (Phi) is 3.37. The standard InChI is InChI=1S/C17H17FN2O/c1-11-9-13(18)5-7-15(11)17(21)20-8-2-3-12-4-6-14(19)10-16(12)20/h4-7,9-10H,2-3,8,19H2,1H3. The van der Waals surface area contributed by atoms with Gasteiger partial charge < -0.3 is 10.6 Å². The van der Waals surface area contributed by atoms with Gasteiger partial charge in [-0.15, -0.1) is 0 Å². The highest BCUT2D eigenvalue weighted by molar-refractivity contribution is 6.07. The van der Waals surface area contributed by atoms with Gasteiger partial charge in [-0.1, -0.05) is 6.07 Å². The van der Waals surface area contributed by atoms with Crippen molar-refractivity contribution in [1.29, 1.82) is 0 Å². The molecule has 0 saturated heterocycles. The van der Waals surface area contributed by atoms with E-state index in [2.05, 4.69) is 0 Å². The second-order valence-electron chi connectivity index (χ2n) is 5.41. The molecule has 2 aromatic carbocycles. The number of hydrogen-bond acceptors (Lipinski definition) is 2. The number of aryl methyl sites for hydroxylation is 2. The van der Waals surface area contributed by atoms with Crippen LogP contribution in [0.4, 0.5) is 15.8 Å². The highest BCUT2D eigenvalue weighted by Gasteiger charge is 2.24. The van der Waals surface area contributed by atoms with Crippen LogP contribution in [-0.4, -0.2) is 12.5 Å². The second kappa shape index (κ2) is 5.20. The summed E-state index contributed by atoms with van der Waals surface area (Å²) >= 11 is 0. The number of anilines is 2. The minimum absolute atomic E-state index is 0.0981. The van der Waals surface area contributed by atoms with Crippen LogP contribution in [0.15, 0.2) is 36.4 Å². The predicted octanol–water partition coefficient (Wildman–Crippen LogP) is 3.31. The van der Waals surface area contributed by atoms with Gasteiger partial charge in [-0.2, -0.15) is 0 Å². The van der Waals surface area contributed by atoms with E-state index in [0.29, 0.717) is 23.4 Å². The fourth-order valence-electron chi connectivity index (χ4n) is 2.82. The zero-order valence-electron chi connectivity index (χ0n) is 11.9. The van der Waals surface area contributed by atoms with E-state index in [4.69, 9.17) is 5.73 Å². The number of amides is 1. The SMILES string of the molecule is Cc1cc(F)ccc1C(=O)N1CCCc2ccc(N)cc21. The summed E-state index contributed by atoms with van der Waals surface area (Å²) in [5.74, 6) is -0.425. The number of fused-ring (bicyclic) bond motifs is 1. The van der Waals surface area contributed by atoms with Crippen LogP contribution in [0.2, 0.25) is 0 Å². The molecule has 0 unspecified atom stereocenters. The van der Waals surface area contributed by atoms with Crippen LogP contribution in [-0.2, 0) is 6.42 Å². The quantitative estimate of drug-likeness (QED) is 0.817. The number of carbonyl (C=O) groups excluding carboxylic acids is 1. The average Bonchev–Trinajstić information content (AvgIpc) is 2.46. The van der Waals surface area contributed by atoms with Crippen molar-refractivity contribution in [1.82, 2.24) is 0 Å². The predicted molar refractivity (Wildman–Crippen MR) is 82.0 cm³/mol. The molecule has 1 heterocycles. The van der Waals surface area contributed by atoms with Gasteiger partial charge in [0.15, 0.2) is 0 Å². The van der Waals surface area contributed by atoms with Gasteiger partial charge in [0.2, 0.25) is 0 Å². The molecule has 1 amide bonds. The van der Waals surface area contributed by atoms with Crippen molar-refractivity contribution in [3.05, 3.63) is 58.9 Å². The molecule has 0 bridgehead atoms. The summed E-state index contributed by atoms with van der Waals surface area (Å²) in [4.78, 5) is 14.5. The number of hydrogen-bond donors (Lipinski definition) is 1. The van der Waals surface area contributed by atoms with Crippen LogP contribution in [0, 0.1) is 12.7 Å². The van der Waals surface area contributed by atoms with E-state index in [1.54, 1.807) is 17.9 Å². The summed E-state index contributed by atoms with van der Waals surface area (Å²) < 4.78 is 13.2. The fraction of sp³-hybridized carbons (Fsp3) is 0.235. The first-order chi connectivity index (χ1) is 10.1. The molecule has 0 fully saturated rings. The summed E-state index contributed by atoms with van der Waals surface area (Å²) in [5, 5.41) is 0. The van der Waals surface area contributed by atoms with Gasteiger partial charge in [0.25, 0.3) is 5.91 Å². The van der Waals surface area contributed by atoms with Crippen molar-refractivity contribution in [3.63, 3.8) is 0 Å². The van der Waals surface area contributed by atoms with Gasteiger partial charge in [0, 0.05) is 23.5 Å². The molecule has 0 radical (unpaired) electrons. The number of halogens is 1. The number of nitrogens with zero attached hydrogens (tertiary/aromatic N) is 1. The molecule has 21 heavy (non-hydrogen) atoms. The smallest absolute Gasteiger partial charge is 0.258 e. The van der Waals surface area contributed by atoms with Gasteiger partial charge in [-0.05, 0) is 61.2 Å². The Balaban J connectivity index is 2.02. The molecule has 0 aliphatic carbocycles. The van der Waals surface area contributed by atoms with Crippen LogP contribution in [0.25, 0.3) is 0 Å². The monoisotopic (exact) mass is 284 g/mol. The van der Waals surface area contributed by atoms with Gasteiger partial charge in [0.1, 0.15) is 5.82 Å². The van der Waals surface area contributed by atoms with Gasteiger partial charge in [0.05, 0.1) is 0 Å². The molecular weight excluding hydrogens is 267 g/mol. The molecule has 0 atom stereocenters. The molecule has 0 aromatic heterocycles. The third-order valence-electron chi connectivity index (χ3n) is 3.89. The summed E-state index contributed by atoms with van der Waals surface area (Å²) in [5.41, 5.74) is 9.67. The molecule has 1 aliphatic heterocycles. The highest BCUT2D eigenvalue weighted by atomic mass is 19.1. The van der Waals surface area contributed by atoms with E-state index in [9.17, 15) is 9.18 Å². The average molecular weight is 284 g/mol. The van der Waals surface area contributed by atoms with Crippen molar-refractivity contribution in [2.75, 3.05) is 17.2 Å². The fourth-order valence-corrected chi connectivity index (χ4v) is 2.82. The first-order valence-corrected chi connectivity index (χ1v) is 7.02. The number of nitrogens with two attached hydrogens (primary N) is 1. The Bertz CT molecular complexity index is 712. The molecule has 1 aliphatic rings. The Morgan fingerprint density at radius 1 is 1.24 bits per heavy atom. The van der Waals surface area contributed by atoms with Crippen LogP contribution >= 0.6 is 0 Å². The third-order valence-corrected chi connectivity index (χ3v) is 3.89. The topological polar surface area (TPSA) is 46.3 Å². The Morgan fingerprint density at radius 3 is 2.81 bits per heavy atom. The minimum Gasteiger partial charge on any atom is -0.399 e. The van der Waals surface area contributed by atoms with Gasteiger partial charge in [-0.3, -0.25) is 4.79 Å². The van der Waals surface area contributed by atoms with Crippen molar-refractivity contribution in [2.45, 2.75) is 19.8 Å². The van der Waals surface area contributed by atoms with E-state index >= 15 is 0 Å². The van der Waals surface area contributed by atoms with E-state index < -0.39 is 0 Å². The molecule has 0 saturated carbocycles. The molecule has 3 nitrogen and oxygen atoms in total. The molecular formula is C17H17FN2O. The summed E-state index contributed by atoms with van der Waals surface area (Å²) in [6, 6.07) is 9.93. The number of rotatable bonds is 1. The summed E-state index contributed by atoms with van der Waals surface area (Å²) in [7, 11) is 0. The Morgan fingerprint density at radius 2 is 2.05 bits per heavy atom. The van der Waals surface area contributed by atoms with Crippen LogP contribution in [0.5, 0.6) is 0 Å². The van der Waals surface area contributed by atoms with Crippen LogP contribution in [0.1, 0.15) is 27.9 Å². The second-order valence-corrected chi connectivity index (χ2v) is 5.41. The zero-order valence-corrected chi connectivity index (χ0v) is 11.9. The van der Waals surface area contributed by atoms with Crippen LogP contribution in [0.3, 0.4) is 0 Å². The maximum absolute atomic E-state index is 13.2. The molecule has 2 N–H and O–H groups in total. The Hall–Kier alpha value is -2.36. The van der Waals surface area contributed by atoms with Gasteiger partial charge >= 0.3 is 0 Å². The third kappa shape index (κ3) is 2.49. The van der Waals surface area contributed by atoms with E-state index in [0.717, 1.165) is 24.1 Å². The number of carbonyl (C=O) groups is 1. The number of nitrogen functional groups attached to an aromatic ring is 1. The molecule has 3 rings (SSSR count). The first kappa shape index (κ1) is 13.6. The summed E-state index contributed by atoms with van der Waals surface area (Å²) in [6.45, 7) is 2.41. The lowest BCUT2D eigenvalue weighted by Gasteiger charge is -2.30. The van der Waals surface area contributed by atoms with Gasteiger partial charge in [-0.25, -0.2) is 4.39 Å². The molecule has 108 valence electrons. The van der Waals surface area contributed by atoms with Crippen molar-refractivity contribution in [3.8, 4) is 0 Å². The summed E-state index contributed by atoms with van der Waals surface area (Å²) in [6.07, 6.45) is 1.87.